The quantitative estimate of drug-likeness (QED) is 0.858. The third kappa shape index (κ3) is 5.03. The number of hydrogen-bond donors (Lipinski definition) is 1. The van der Waals surface area contributed by atoms with Crippen LogP contribution in [0.2, 0.25) is 0 Å². The van der Waals surface area contributed by atoms with E-state index in [1.54, 1.807) is 6.07 Å². The number of aryl methyl sites for hydroxylation is 1. The summed E-state index contributed by atoms with van der Waals surface area (Å²) in [6, 6.07) is 5.57. The Morgan fingerprint density at radius 1 is 1.32 bits per heavy atom. The largest absolute Gasteiger partial charge is 0.508 e. The minimum Gasteiger partial charge on any atom is -0.508 e. The first-order valence-electron chi connectivity index (χ1n) is 6.76. The summed E-state index contributed by atoms with van der Waals surface area (Å²) in [4.78, 5) is 11.5. The molecule has 0 fully saturated rings. The van der Waals surface area contributed by atoms with Gasteiger partial charge < -0.3 is 9.84 Å². The molecule has 1 aromatic carbocycles. The third-order valence-corrected chi connectivity index (χ3v) is 3.03. The first kappa shape index (κ1) is 15.7. The van der Waals surface area contributed by atoms with E-state index in [0.717, 1.165) is 11.1 Å². The SMILES string of the molecule is CCOCC(=O)CCc1ccc(O)c(C(C)(C)C)c1. The molecular formula is C16H24O3. The van der Waals surface area contributed by atoms with Crippen molar-refractivity contribution in [1.29, 1.82) is 0 Å². The average molecular weight is 264 g/mol. The van der Waals surface area contributed by atoms with Crippen LogP contribution in [0.25, 0.3) is 0 Å². The van der Waals surface area contributed by atoms with Crippen LogP contribution in [-0.4, -0.2) is 24.1 Å². The number of aromatic hydroxyl groups is 1. The van der Waals surface area contributed by atoms with E-state index >= 15 is 0 Å². The molecule has 0 atom stereocenters. The van der Waals surface area contributed by atoms with Crippen molar-refractivity contribution in [2.75, 3.05) is 13.2 Å². The molecule has 3 nitrogen and oxygen atoms in total. The predicted octanol–water partition coefficient (Wildman–Crippen LogP) is 3.23. The van der Waals surface area contributed by atoms with Crippen molar-refractivity contribution in [1.82, 2.24) is 0 Å². The molecule has 19 heavy (non-hydrogen) atoms. The summed E-state index contributed by atoms with van der Waals surface area (Å²) in [5.41, 5.74) is 1.89. The van der Waals surface area contributed by atoms with Gasteiger partial charge in [0.25, 0.3) is 0 Å². The van der Waals surface area contributed by atoms with Crippen LogP contribution in [0, 0.1) is 0 Å². The first-order valence-corrected chi connectivity index (χ1v) is 6.76. The molecule has 0 saturated heterocycles. The zero-order valence-corrected chi connectivity index (χ0v) is 12.3. The molecule has 0 aliphatic rings. The van der Waals surface area contributed by atoms with E-state index in [9.17, 15) is 9.90 Å². The van der Waals surface area contributed by atoms with Crippen molar-refractivity contribution in [3.63, 3.8) is 0 Å². The van der Waals surface area contributed by atoms with Gasteiger partial charge >= 0.3 is 0 Å². The second-order valence-electron chi connectivity index (χ2n) is 5.78. The Kier molecular flexibility index (Phi) is 5.55. The summed E-state index contributed by atoms with van der Waals surface area (Å²) < 4.78 is 5.09. The maximum atomic E-state index is 11.5. The van der Waals surface area contributed by atoms with E-state index in [0.29, 0.717) is 25.2 Å². The number of rotatable bonds is 6. The van der Waals surface area contributed by atoms with E-state index in [2.05, 4.69) is 20.8 Å². The number of carbonyl (C=O) groups is 1. The fraction of sp³-hybridized carbons (Fsp3) is 0.562. The Hall–Kier alpha value is -1.35. The zero-order valence-electron chi connectivity index (χ0n) is 12.3. The first-order chi connectivity index (χ1) is 8.84. The van der Waals surface area contributed by atoms with Crippen LogP contribution in [0.5, 0.6) is 5.75 Å². The molecule has 1 aromatic rings. The smallest absolute Gasteiger partial charge is 0.158 e. The van der Waals surface area contributed by atoms with Gasteiger partial charge in [-0.1, -0.05) is 32.9 Å². The van der Waals surface area contributed by atoms with Crippen LogP contribution >= 0.6 is 0 Å². The second kappa shape index (κ2) is 6.71. The van der Waals surface area contributed by atoms with Crippen molar-refractivity contribution in [3.8, 4) is 5.75 Å². The highest BCUT2D eigenvalue weighted by Gasteiger charge is 2.18. The third-order valence-electron chi connectivity index (χ3n) is 3.03. The molecule has 3 heteroatoms. The number of carbonyl (C=O) groups excluding carboxylic acids is 1. The fourth-order valence-corrected chi connectivity index (χ4v) is 1.91. The maximum absolute atomic E-state index is 11.5. The lowest BCUT2D eigenvalue weighted by Gasteiger charge is -2.21. The number of Topliss-reactive ketones (excluding diaryl/α,β-unsaturated/α-hetero) is 1. The highest BCUT2D eigenvalue weighted by Crippen LogP contribution is 2.31. The minimum absolute atomic E-state index is 0.102. The fourth-order valence-electron chi connectivity index (χ4n) is 1.91. The van der Waals surface area contributed by atoms with Gasteiger partial charge in [0.2, 0.25) is 0 Å². The van der Waals surface area contributed by atoms with E-state index < -0.39 is 0 Å². The summed E-state index contributed by atoms with van der Waals surface area (Å²) >= 11 is 0. The average Bonchev–Trinajstić information content (AvgIpc) is 2.34. The summed E-state index contributed by atoms with van der Waals surface area (Å²) in [7, 11) is 0. The lowest BCUT2D eigenvalue weighted by molar-refractivity contribution is -0.123. The van der Waals surface area contributed by atoms with Crippen molar-refractivity contribution in [2.24, 2.45) is 0 Å². The summed E-state index contributed by atoms with van der Waals surface area (Å²) in [5, 5.41) is 9.88. The van der Waals surface area contributed by atoms with Gasteiger partial charge in [-0.3, -0.25) is 4.79 Å². The number of phenolic OH excluding ortho intramolecular Hbond substituents is 1. The van der Waals surface area contributed by atoms with Crippen LogP contribution in [0.1, 0.15) is 45.2 Å². The lowest BCUT2D eigenvalue weighted by Crippen LogP contribution is -2.12. The molecule has 0 unspecified atom stereocenters. The number of ether oxygens (including phenoxy) is 1. The molecule has 0 spiro atoms. The highest BCUT2D eigenvalue weighted by molar-refractivity contribution is 5.79. The molecule has 106 valence electrons. The van der Waals surface area contributed by atoms with E-state index in [4.69, 9.17) is 4.74 Å². The summed E-state index contributed by atoms with van der Waals surface area (Å²) in [6.07, 6.45) is 1.17. The standard InChI is InChI=1S/C16H24O3/c1-5-19-11-13(17)8-6-12-7-9-15(18)14(10-12)16(2,3)4/h7,9-10,18H,5-6,8,11H2,1-4H3. The highest BCUT2D eigenvalue weighted by atomic mass is 16.5. The maximum Gasteiger partial charge on any atom is 0.158 e. The number of hydrogen-bond acceptors (Lipinski definition) is 3. The van der Waals surface area contributed by atoms with Gasteiger partial charge in [-0.05, 0) is 36.0 Å². The predicted molar refractivity (Wildman–Crippen MR) is 76.6 cm³/mol. The molecule has 0 aromatic heterocycles. The van der Waals surface area contributed by atoms with Gasteiger partial charge in [-0.15, -0.1) is 0 Å². The Morgan fingerprint density at radius 2 is 2.00 bits per heavy atom. The summed E-state index contributed by atoms with van der Waals surface area (Å²) in [5.74, 6) is 0.434. The molecule has 0 radical (unpaired) electrons. The molecule has 1 N–H and O–H groups in total. The minimum atomic E-state index is -0.102. The topological polar surface area (TPSA) is 46.5 Å². The molecule has 0 amide bonds. The van der Waals surface area contributed by atoms with Crippen LogP contribution in [0.15, 0.2) is 18.2 Å². The van der Waals surface area contributed by atoms with Gasteiger partial charge in [0.1, 0.15) is 12.4 Å². The van der Waals surface area contributed by atoms with Crippen molar-refractivity contribution in [3.05, 3.63) is 29.3 Å². The second-order valence-corrected chi connectivity index (χ2v) is 5.78. The van der Waals surface area contributed by atoms with Gasteiger partial charge in [0.05, 0.1) is 0 Å². The monoisotopic (exact) mass is 264 g/mol. The van der Waals surface area contributed by atoms with Crippen LogP contribution in [0.4, 0.5) is 0 Å². The molecule has 0 aliphatic heterocycles. The molecular weight excluding hydrogens is 240 g/mol. The van der Waals surface area contributed by atoms with Crippen molar-refractivity contribution < 1.29 is 14.6 Å². The Labute approximate surface area is 115 Å². The van der Waals surface area contributed by atoms with Gasteiger partial charge in [-0.2, -0.15) is 0 Å². The molecule has 0 heterocycles. The molecule has 0 saturated carbocycles. The molecule has 0 bridgehead atoms. The molecule has 1 rings (SSSR count). The molecule has 0 aliphatic carbocycles. The van der Waals surface area contributed by atoms with Gasteiger partial charge in [-0.25, -0.2) is 0 Å². The van der Waals surface area contributed by atoms with Crippen LogP contribution in [0.3, 0.4) is 0 Å². The Balaban J connectivity index is 2.68. The Morgan fingerprint density at radius 3 is 2.58 bits per heavy atom. The van der Waals surface area contributed by atoms with E-state index in [1.165, 1.54) is 0 Å². The van der Waals surface area contributed by atoms with E-state index in [1.807, 2.05) is 19.1 Å². The van der Waals surface area contributed by atoms with Gasteiger partial charge in [0, 0.05) is 13.0 Å². The number of phenols is 1. The van der Waals surface area contributed by atoms with Gasteiger partial charge in [0.15, 0.2) is 5.78 Å². The van der Waals surface area contributed by atoms with Crippen LogP contribution < -0.4 is 0 Å². The summed E-state index contributed by atoms with van der Waals surface area (Å²) in [6.45, 7) is 8.83. The van der Waals surface area contributed by atoms with Crippen molar-refractivity contribution >= 4 is 5.78 Å². The number of ketones is 1. The number of benzene rings is 1. The lowest BCUT2D eigenvalue weighted by atomic mass is 9.85. The van der Waals surface area contributed by atoms with Crippen LogP contribution in [-0.2, 0) is 21.4 Å². The van der Waals surface area contributed by atoms with Crippen molar-refractivity contribution in [2.45, 2.75) is 46.0 Å². The zero-order chi connectivity index (χ0) is 14.5. The Bertz CT molecular complexity index is 430. The van der Waals surface area contributed by atoms with E-state index in [-0.39, 0.29) is 17.8 Å². The normalized spacial score (nSPS) is 11.6.